The predicted molar refractivity (Wildman–Crippen MR) is 191 cm³/mol. The molecule has 13 heteroatoms. The maximum atomic E-state index is 13.2. The lowest BCUT2D eigenvalue weighted by Crippen LogP contribution is -2.29. The van der Waals surface area contributed by atoms with Gasteiger partial charge in [0.05, 0.1) is 22.5 Å². The molecule has 0 spiro atoms. The Morgan fingerprint density at radius 2 is 1.65 bits per heavy atom. The highest BCUT2D eigenvalue weighted by Gasteiger charge is 2.21. The number of hydrogen-bond acceptors (Lipinski definition) is 8. The van der Waals surface area contributed by atoms with Crippen LogP contribution in [0.25, 0.3) is 23.1 Å². The number of nitrogens with zero attached hydrogens (tertiary/aromatic N) is 4. The predicted octanol–water partition coefficient (Wildman–Crippen LogP) is 8.31. The molecule has 0 saturated heterocycles. The zero-order chi connectivity index (χ0) is 35.1. The van der Waals surface area contributed by atoms with Gasteiger partial charge in [0, 0.05) is 34.8 Å². The van der Waals surface area contributed by atoms with Gasteiger partial charge >= 0.3 is 13.8 Å². The van der Waals surface area contributed by atoms with E-state index in [0.717, 1.165) is 45.7 Å². The first-order chi connectivity index (χ1) is 23.6. The summed E-state index contributed by atoms with van der Waals surface area (Å²) in [4.78, 5) is 50.8. The topological polar surface area (TPSA) is 144 Å². The molecule has 1 amide bonds. The van der Waals surface area contributed by atoms with Crippen LogP contribution in [0.4, 0.5) is 0 Å². The number of unbranched alkanes of at least 4 members (excludes halogenated alkanes) is 8. The maximum absolute atomic E-state index is 13.2. The van der Waals surface area contributed by atoms with E-state index >= 15 is 0 Å². The number of benzene rings is 2. The van der Waals surface area contributed by atoms with Crippen LogP contribution in [0, 0.1) is 0 Å². The van der Waals surface area contributed by atoms with E-state index in [9.17, 15) is 14.2 Å². The number of fused-ring (bicyclic) bond motifs is 1. The highest BCUT2D eigenvalue weighted by atomic mass is 32.2. The number of esters is 1. The number of ether oxygens (including phenoxy) is 1. The first-order valence-electron chi connectivity index (χ1n) is 16.6. The normalized spacial score (nSPS) is 11.8. The Labute approximate surface area is 292 Å². The van der Waals surface area contributed by atoms with Crippen LogP contribution in [0.2, 0.25) is 0 Å². The van der Waals surface area contributed by atoms with Crippen molar-refractivity contribution in [1.82, 2.24) is 19.7 Å². The third-order valence-corrected chi connectivity index (χ3v) is 9.31. The Kier molecular flexibility index (Phi) is 15.1. The maximum Gasteiger partial charge on any atom is 0.471 e. The SMILES string of the molecule is CCCCCCCCCCCC(=O)OCn1nc(/C=C/c2ccccn2)c2ccc(Sc3ccccc3C(=O)N(C)COP(=O)(O)O)cc21. The Balaban J connectivity index is 1.47. The van der Waals surface area contributed by atoms with Crippen molar-refractivity contribution >= 4 is 54.5 Å². The van der Waals surface area contributed by atoms with Gasteiger partial charge in [0.1, 0.15) is 6.73 Å². The van der Waals surface area contributed by atoms with E-state index in [1.165, 1.54) is 57.3 Å². The zero-order valence-electron chi connectivity index (χ0n) is 28.1. The fourth-order valence-electron chi connectivity index (χ4n) is 5.17. The van der Waals surface area contributed by atoms with E-state index in [1.54, 1.807) is 29.1 Å². The minimum atomic E-state index is -4.74. The number of amides is 1. The van der Waals surface area contributed by atoms with Crippen LogP contribution in [0.3, 0.4) is 0 Å². The van der Waals surface area contributed by atoms with Crippen molar-refractivity contribution in [1.29, 1.82) is 0 Å². The van der Waals surface area contributed by atoms with Crippen molar-refractivity contribution in [2.45, 2.75) is 87.7 Å². The van der Waals surface area contributed by atoms with Crippen molar-refractivity contribution in [3.63, 3.8) is 0 Å². The molecule has 0 aliphatic rings. The first kappa shape index (κ1) is 38.0. The Hall–Kier alpha value is -3.80. The summed E-state index contributed by atoms with van der Waals surface area (Å²) in [6, 6.07) is 18.4. The molecular formula is C36H45N4O7PS. The molecule has 11 nitrogen and oxygen atoms in total. The van der Waals surface area contributed by atoms with Gasteiger partial charge in [-0.05, 0) is 61.0 Å². The van der Waals surface area contributed by atoms with Crippen LogP contribution in [0.15, 0.2) is 76.7 Å². The molecule has 2 aromatic heterocycles. The van der Waals surface area contributed by atoms with E-state index in [4.69, 9.17) is 19.6 Å². The largest absolute Gasteiger partial charge is 0.471 e. The summed E-state index contributed by atoms with van der Waals surface area (Å²) >= 11 is 1.36. The fraction of sp³-hybridized carbons (Fsp3) is 0.389. The number of pyridine rings is 1. The third-order valence-electron chi connectivity index (χ3n) is 7.80. The minimum absolute atomic E-state index is 0.0439. The molecule has 2 aromatic carbocycles. The van der Waals surface area contributed by atoms with Crippen LogP contribution >= 0.6 is 19.6 Å². The van der Waals surface area contributed by atoms with Crippen molar-refractivity contribution in [3.8, 4) is 0 Å². The summed E-state index contributed by atoms with van der Waals surface area (Å²) in [5.41, 5.74) is 2.57. The number of phosphoric acid groups is 1. The molecule has 0 atom stereocenters. The third kappa shape index (κ3) is 12.5. The summed E-state index contributed by atoms with van der Waals surface area (Å²) in [7, 11) is -3.34. The average molecular weight is 709 g/mol. The van der Waals surface area contributed by atoms with Crippen molar-refractivity contribution in [2.75, 3.05) is 13.8 Å². The molecular weight excluding hydrogens is 663 g/mol. The number of phosphoric ester groups is 1. The van der Waals surface area contributed by atoms with E-state index in [1.807, 2.05) is 54.6 Å². The quantitative estimate of drug-likeness (QED) is 0.0398. The molecule has 0 aliphatic heterocycles. The number of carbonyl (C=O) groups is 2. The molecule has 2 N–H and O–H groups in total. The second kappa shape index (κ2) is 19.4. The van der Waals surface area contributed by atoms with Gasteiger partial charge < -0.3 is 19.4 Å². The van der Waals surface area contributed by atoms with Crippen LogP contribution in [0.1, 0.15) is 92.9 Å². The molecule has 2 heterocycles. The van der Waals surface area contributed by atoms with Gasteiger partial charge in [-0.3, -0.25) is 19.1 Å². The Morgan fingerprint density at radius 1 is 0.939 bits per heavy atom. The molecule has 49 heavy (non-hydrogen) atoms. The highest BCUT2D eigenvalue weighted by Crippen LogP contribution is 2.37. The molecule has 0 fully saturated rings. The van der Waals surface area contributed by atoms with Gasteiger partial charge in [-0.1, -0.05) is 88.3 Å². The lowest BCUT2D eigenvalue weighted by Gasteiger charge is -2.19. The van der Waals surface area contributed by atoms with Crippen molar-refractivity contribution in [3.05, 3.63) is 83.8 Å². The molecule has 0 saturated carbocycles. The molecule has 4 aromatic rings. The molecule has 0 bridgehead atoms. The van der Waals surface area contributed by atoms with Gasteiger partial charge in [0.2, 0.25) is 0 Å². The van der Waals surface area contributed by atoms with Crippen LogP contribution in [-0.4, -0.2) is 55.1 Å². The Morgan fingerprint density at radius 3 is 2.37 bits per heavy atom. The summed E-state index contributed by atoms with van der Waals surface area (Å²) in [6.45, 7) is 1.61. The second-order valence-electron chi connectivity index (χ2n) is 11.7. The molecule has 262 valence electrons. The minimum Gasteiger partial charge on any atom is -0.442 e. The number of aromatic nitrogens is 3. The molecule has 4 rings (SSSR count). The first-order valence-corrected chi connectivity index (χ1v) is 19.0. The highest BCUT2D eigenvalue weighted by molar-refractivity contribution is 7.99. The van der Waals surface area contributed by atoms with E-state index in [0.29, 0.717) is 22.6 Å². The van der Waals surface area contributed by atoms with E-state index in [2.05, 4.69) is 16.4 Å². The van der Waals surface area contributed by atoms with Crippen LogP contribution in [0.5, 0.6) is 0 Å². The van der Waals surface area contributed by atoms with Crippen LogP contribution in [-0.2, 0) is 25.4 Å². The lowest BCUT2D eigenvalue weighted by atomic mass is 10.1. The van der Waals surface area contributed by atoms with Gasteiger partial charge in [-0.2, -0.15) is 5.10 Å². The van der Waals surface area contributed by atoms with E-state index in [-0.39, 0.29) is 12.7 Å². The standard InChI is InChI=1S/C36H45N4O7PS/c1-3-4-5-6-7-8-9-10-11-19-35(41)46-27-40-33-25-29(21-22-30(33)32(38-40)23-20-28-16-14-15-24-37-28)49-34-18-13-12-17-31(34)36(42)39(2)26-47-48(43,44)45/h12-18,20-25H,3-11,19,26-27H2,1-2H3,(H2,43,44,45)/b23-20+. The van der Waals surface area contributed by atoms with Crippen molar-refractivity contribution in [2.24, 2.45) is 0 Å². The second-order valence-corrected chi connectivity index (χ2v) is 14.1. The smallest absolute Gasteiger partial charge is 0.442 e. The van der Waals surface area contributed by atoms with Gasteiger partial charge in [-0.15, -0.1) is 0 Å². The number of carbonyl (C=O) groups excluding carboxylic acids is 2. The fourth-order valence-corrected chi connectivity index (χ4v) is 6.47. The summed E-state index contributed by atoms with van der Waals surface area (Å²) in [5, 5.41) is 5.61. The van der Waals surface area contributed by atoms with Crippen LogP contribution < -0.4 is 0 Å². The average Bonchev–Trinajstić information content (AvgIpc) is 3.44. The Bertz CT molecular complexity index is 1740. The summed E-state index contributed by atoms with van der Waals surface area (Å²) in [6.07, 6.45) is 16.4. The molecule has 0 unspecified atom stereocenters. The number of rotatable bonds is 20. The number of hydrogen-bond donors (Lipinski definition) is 2. The monoisotopic (exact) mass is 708 g/mol. The van der Waals surface area contributed by atoms with Gasteiger partial charge in [0.25, 0.3) is 5.91 Å². The molecule has 0 aliphatic carbocycles. The zero-order valence-corrected chi connectivity index (χ0v) is 29.8. The van der Waals surface area contributed by atoms with Gasteiger partial charge in [0.15, 0.2) is 6.73 Å². The van der Waals surface area contributed by atoms with Gasteiger partial charge in [-0.25, -0.2) is 9.25 Å². The lowest BCUT2D eigenvalue weighted by molar-refractivity contribution is -0.147. The summed E-state index contributed by atoms with van der Waals surface area (Å²) < 4.78 is 23.0. The summed E-state index contributed by atoms with van der Waals surface area (Å²) in [5.74, 6) is -0.717. The van der Waals surface area contributed by atoms with Crippen molar-refractivity contribution < 1.29 is 33.2 Å². The van der Waals surface area contributed by atoms with E-state index < -0.39 is 20.5 Å². The molecule has 0 radical (unpaired) electrons.